The van der Waals surface area contributed by atoms with E-state index >= 15 is 0 Å². The molecule has 134 valence electrons. The van der Waals surface area contributed by atoms with Gasteiger partial charge in [0.05, 0.1) is 11.5 Å². The van der Waals surface area contributed by atoms with Crippen LogP contribution in [0.5, 0.6) is 11.5 Å². The Morgan fingerprint density at radius 3 is 2.96 bits per heavy atom. The van der Waals surface area contributed by atoms with Gasteiger partial charge in [0.2, 0.25) is 0 Å². The van der Waals surface area contributed by atoms with Crippen LogP contribution in [0.25, 0.3) is 6.08 Å². The van der Waals surface area contributed by atoms with Gasteiger partial charge in [-0.3, -0.25) is 4.90 Å². The van der Waals surface area contributed by atoms with Gasteiger partial charge in [-0.2, -0.15) is 0 Å². The van der Waals surface area contributed by atoms with Gasteiger partial charge in [-0.1, -0.05) is 25.3 Å². The smallest absolute Gasteiger partial charge is 0.326 e. The minimum atomic E-state index is -0.246. The molecule has 1 aromatic carbocycles. The molecular formula is C20H20N2O3S. The predicted molar refractivity (Wildman–Crippen MR) is 107 cm³/mol. The highest BCUT2D eigenvalue weighted by molar-refractivity contribution is 7.17. The molecule has 0 aliphatic carbocycles. The molecule has 1 N–H and O–H groups in total. The Kier molecular flexibility index (Phi) is 5.14. The van der Waals surface area contributed by atoms with Gasteiger partial charge in [-0.05, 0) is 25.1 Å². The van der Waals surface area contributed by atoms with Gasteiger partial charge in [-0.15, -0.1) is 11.3 Å². The molecule has 5 nitrogen and oxygen atoms in total. The van der Waals surface area contributed by atoms with Crippen LogP contribution in [0.2, 0.25) is 0 Å². The van der Waals surface area contributed by atoms with Gasteiger partial charge in [-0.25, -0.2) is 4.79 Å². The van der Waals surface area contributed by atoms with Gasteiger partial charge in [0.25, 0.3) is 0 Å². The summed E-state index contributed by atoms with van der Waals surface area (Å²) in [6.45, 7) is 10.1. The molecule has 0 radical (unpaired) electrons. The molecule has 26 heavy (non-hydrogen) atoms. The first-order valence-corrected chi connectivity index (χ1v) is 8.96. The molecule has 0 fully saturated rings. The van der Waals surface area contributed by atoms with Crippen molar-refractivity contribution in [1.82, 2.24) is 0 Å². The van der Waals surface area contributed by atoms with Gasteiger partial charge in [0, 0.05) is 30.4 Å². The van der Waals surface area contributed by atoms with Crippen LogP contribution in [-0.2, 0) is 0 Å². The highest BCUT2D eigenvalue weighted by Gasteiger charge is 2.21. The van der Waals surface area contributed by atoms with Crippen LogP contribution < -0.4 is 19.7 Å². The van der Waals surface area contributed by atoms with E-state index in [0.29, 0.717) is 29.6 Å². The van der Waals surface area contributed by atoms with Crippen molar-refractivity contribution in [3.8, 4) is 11.5 Å². The van der Waals surface area contributed by atoms with Crippen molar-refractivity contribution in [3.05, 3.63) is 65.8 Å². The first-order chi connectivity index (χ1) is 12.5. The number of anilines is 2. The number of amides is 2. The van der Waals surface area contributed by atoms with Crippen molar-refractivity contribution in [2.75, 3.05) is 23.9 Å². The Morgan fingerprint density at radius 2 is 2.23 bits per heavy atom. The largest absolute Gasteiger partial charge is 0.494 e. The Bertz CT molecular complexity index is 898. The molecule has 3 rings (SSSR count). The topological polar surface area (TPSA) is 50.8 Å². The maximum atomic E-state index is 12.6. The fourth-order valence-electron chi connectivity index (χ4n) is 2.45. The maximum Gasteiger partial charge on any atom is 0.326 e. The lowest BCUT2D eigenvalue weighted by Crippen LogP contribution is -2.30. The molecule has 0 spiro atoms. The fourth-order valence-corrected chi connectivity index (χ4v) is 3.44. The molecule has 6 heteroatoms. The molecule has 2 aromatic rings. The molecule has 1 aliphatic heterocycles. The summed E-state index contributed by atoms with van der Waals surface area (Å²) < 4.78 is 11.2. The zero-order valence-corrected chi connectivity index (χ0v) is 15.6. The number of carbonyl (C=O) groups is 1. The van der Waals surface area contributed by atoms with E-state index in [1.54, 1.807) is 24.1 Å². The van der Waals surface area contributed by atoms with Crippen LogP contribution in [0, 0.1) is 0 Å². The second kappa shape index (κ2) is 7.49. The summed E-state index contributed by atoms with van der Waals surface area (Å²) in [6, 6.07) is 8.89. The quantitative estimate of drug-likeness (QED) is 0.780. The minimum Gasteiger partial charge on any atom is -0.494 e. The lowest BCUT2D eigenvalue weighted by molar-refractivity contribution is 0.258. The second-order valence-electron chi connectivity index (χ2n) is 5.59. The third-order valence-corrected chi connectivity index (χ3v) is 4.94. The van der Waals surface area contributed by atoms with Gasteiger partial charge in [0.1, 0.15) is 22.3 Å². The highest BCUT2D eigenvalue weighted by atomic mass is 32.1. The average Bonchev–Trinajstić information content (AvgIpc) is 3.03. The molecule has 0 saturated carbocycles. The molecular weight excluding hydrogens is 348 g/mol. The summed E-state index contributed by atoms with van der Waals surface area (Å²) in [4.78, 5) is 15.0. The van der Waals surface area contributed by atoms with E-state index in [9.17, 15) is 4.79 Å². The summed E-state index contributed by atoms with van der Waals surface area (Å²) in [6.07, 6.45) is 3.66. The third kappa shape index (κ3) is 3.65. The molecule has 2 amide bonds. The van der Waals surface area contributed by atoms with Crippen molar-refractivity contribution in [3.63, 3.8) is 0 Å². The number of urea groups is 1. The number of nitrogens with one attached hydrogen (secondary N) is 1. The maximum absolute atomic E-state index is 12.6. The number of nitrogens with zero attached hydrogens (tertiary/aromatic N) is 1. The number of carbonyl (C=O) groups excluding carboxylic acids is 1. The first-order valence-electron chi connectivity index (χ1n) is 8.14. The van der Waals surface area contributed by atoms with Gasteiger partial charge in [0.15, 0.2) is 0 Å². The number of allylic oxidation sites excluding steroid dienone is 1. The molecule has 0 saturated heterocycles. The van der Waals surface area contributed by atoms with Gasteiger partial charge < -0.3 is 14.8 Å². The first kappa shape index (κ1) is 17.8. The van der Waals surface area contributed by atoms with E-state index in [1.165, 1.54) is 11.3 Å². The van der Waals surface area contributed by atoms with Crippen LogP contribution in [0.3, 0.4) is 0 Å². The number of benzene rings is 1. The summed E-state index contributed by atoms with van der Waals surface area (Å²) in [5.74, 6) is 1.96. The zero-order valence-electron chi connectivity index (χ0n) is 14.7. The summed E-state index contributed by atoms with van der Waals surface area (Å²) >= 11 is 1.46. The summed E-state index contributed by atoms with van der Waals surface area (Å²) in [5.41, 5.74) is 1.51. The predicted octanol–water partition coefficient (Wildman–Crippen LogP) is 5.29. The number of ether oxygens (including phenoxy) is 2. The van der Waals surface area contributed by atoms with Crippen LogP contribution >= 0.6 is 11.3 Å². The van der Waals surface area contributed by atoms with Crippen LogP contribution in [0.4, 0.5) is 15.5 Å². The number of rotatable bonds is 5. The minimum absolute atomic E-state index is 0.246. The van der Waals surface area contributed by atoms with Crippen molar-refractivity contribution < 1.29 is 14.3 Å². The fraction of sp³-hybridized carbons (Fsp3) is 0.150. The normalized spacial score (nSPS) is 12.5. The molecule has 0 atom stereocenters. The Labute approximate surface area is 156 Å². The molecule has 0 unspecified atom stereocenters. The van der Waals surface area contributed by atoms with Crippen molar-refractivity contribution in [2.24, 2.45) is 0 Å². The number of hydrogen-bond acceptors (Lipinski definition) is 4. The molecule has 2 heterocycles. The third-order valence-electron chi connectivity index (χ3n) is 3.81. The average molecular weight is 368 g/mol. The van der Waals surface area contributed by atoms with Crippen LogP contribution in [-0.4, -0.2) is 19.7 Å². The van der Waals surface area contributed by atoms with E-state index < -0.39 is 0 Å². The Hall–Kier alpha value is -2.99. The monoisotopic (exact) mass is 368 g/mol. The number of hydrogen-bond donors (Lipinski definition) is 1. The van der Waals surface area contributed by atoms with E-state index in [4.69, 9.17) is 9.47 Å². The molecule has 1 aliphatic rings. The van der Waals surface area contributed by atoms with Crippen molar-refractivity contribution in [1.29, 1.82) is 0 Å². The molecule has 0 bridgehead atoms. The Morgan fingerprint density at radius 1 is 1.42 bits per heavy atom. The Balaban J connectivity index is 1.76. The van der Waals surface area contributed by atoms with Crippen LogP contribution in [0.15, 0.2) is 60.9 Å². The number of fused-ring (bicyclic) bond motifs is 1. The summed E-state index contributed by atoms with van der Waals surface area (Å²) in [5, 5.41) is 3.64. The van der Waals surface area contributed by atoms with Crippen LogP contribution in [0.1, 0.15) is 11.8 Å². The van der Waals surface area contributed by atoms with Crippen molar-refractivity contribution in [2.45, 2.75) is 6.92 Å². The number of thiophene rings is 1. The van der Waals surface area contributed by atoms with E-state index in [1.807, 2.05) is 37.3 Å². The SMILES string of the molecule is C=CC1=Cc2sc(N(C)C(=O)Nc3cccc(OCC)c3)cc2OC1=C. The van der Waals surface area contributed by atoms with Crippen molar-refractivity contribution >= 4 is 34.1 Å². The zero-order chi connectivity index (χ0) is 18.7. The highest BCUT2D eigenvalue weighted by Crippen LogP contribution is 2.41. The second-order valence-corrected chi connectivity index (χ2v) is 6.65. The van der Waals surface area contributed by atoms with E-state index in [0.717, 1.165) is 15.5 Å². The molecule has 1 aromatic heterocycles. The van der Waals surface area contributed by atoms with E-state index in [-0.39, 0.29) is 6.03 Å². The summed E-state index contributed by atoms with van der Waals surface area (Å²) in [7, 11) is 1.71. The lowest BCUT2D eigenvalue weighted by atomic mass is 10.1. The lowest BCUT2D eigenvalue weighted by Gasteiger charge is -2.16. The van der Waals surface area contributed by atoms with Gasteiger partial charge >= 0.3 is 6.03 Å². The standard InChI is InChI=1S/C20H20N2O3S/c1-5-14-10-18-17(25-13(14)3)12-19(26-18)22(4)20(23)21-15-8-7-9-16(11-15)24-6-2/h5,7-12H,1,3,6H2,2,4H3,(H,21,23). The van der Waals surface area contributed by atoms with E-state index in [2.05, 4.69) is 18.5 Å².